The van der Waals surface area contributed by atoms with Crippen LogP contribution in [0.5, 0.6) is 0 Å². The largest absolute Gasteiger partial charge is 0.378 e. The van der Waals surface area contributed by atoms with Crippen molar-refractivity contribution < 1.29 is 9.53 Å². The molecule has 0 radical (unpaired) electrons. The third kappa shape index (κ3) is 3.64. The van der Waals surface area contributed by atoms with Crippen LogP contribution in [0.4, 0.5) is 5.82 Å². The highest BCUT2D eigenvalue weighted by atomic mass is 16.5. The topological polar surface area (TPSA) is 63.0 Å². The summed E-state index contributed by atoms with van der Waals surface area (Å²) >= 11 is 0. The van der Waals surface area contributed by atoms with E-state index in [9.17, 15) is 4.79 Å². The number of fused-ring (bicyclic) bond motifs is 1. The summed E-state index contributed by atoms with van der Waals surface area (Å²) in [6.07, 6.45) is 1.72. The summed E-state index contributed by atoms with van der Waals surface area (Å²) < 4.78 is 7.00. The summed E-state index contributed by atoms with van der Waals surface area (Å²) in [5.41, 5.74) is 3.96. The zero-order valence-electron chi connectivity index (χ0n) is 15.6. The number of carbonyl (C=O) groups excluding carboxylic acids is 1. The van der Waals surface area contributed by atoms with Crippen LogP contribution in [-0.2, 0) is 22.7 Å². The van der Waals surface area contributed by atoms with Gasteiger partial charge in [0.25, 0.3) is 0 Å². The number of anilines is 1. The van der Waals surface area contributed by atoms with Crippen molar-refractivity contribution in [3.8, 4) is 0 Å². The van der Waals surface area contributed by atoms with E-state index in [0.29, 0.717) is 26.2 Å². The first-order valence-corrected chi connectivity index (χ1v) is 9.05. The first-order chi connectivity index (χ1) is 13.1. The van der Waals surface area contributed by atoms with Gasteiger partial charge in [-0.15, -0.1) is 0 Å². The van der Waals surface area contributed by atoms with Gasteiger partial charge in [-0.1, -0.05) is 29.8 Å². The normalized spacial score (nSPS) is 15.0. The Morgan fingerprint density at radius 2 is 2.07 bits per heavy atom. The number of ether oxygens (including phenoxy) is 1. The van der Waals surface area contributed by atoms with Crippen molar-refractivity contribution >= 4 is 17.4 Å². The third-order valence-electron chi connectivity index (χ3n) is 4.78. The predicted octanol–water partition coefficient (Wildman–Crippen LogP) is 2.03. The number of aromatic nitrogens is 3. The van der Waals surface area contributed by atoms with E-state index in [1.54, 1.807) is 17.8 Å². The molecule has 140 valence electrons. The van der Waals surface area contributed by atoms with Crippen LogP contribution < -0.4 is 4.90 Å². The second-order valence-electron chi connectivity index (χ2n) is 6.87. The number of aryl methyl sites for hydroxylation is 1. The maximum atomic E-state index is 12.8. The van der Waals surface area contributed by atoms with Crippen molar-refractivity contribution in [2.24, 2.45) is 0 Å². The van der Waals surface area contributed by atoms with Crippen molar-refractivity contribution in [2.45, 2.75) is 20.1 Å². The summed E-state index contributed by atoms with van der Waals surface area (Å²) in [7, 11) is 1.65. The van der Waals surface area contributed by atoms with Gasteiger partial charge in [0.05, 0.1) is 25.0 Å². The molecule has 4 rings (SSSR count). The number of piperazine rings is 1. The zero-order chi connectivity index (χ0) is 18.8. The van der Waals surface area contributed by atoms with Gasteiger partial charge < -0.3 is 14.5 Å². The van der Waals surface area contributed by atoms with E-state index < -0.39 is 0 Å². The van der Waals surface area contributed by atoms with Gasteiger partial charge in [-0.2, -0.15) is 9.61 Å². The van der Waals surface area contributed by atoms with Crippen LogP contribution in [0.3, 0.4) is 0 Å². The molecule has 0 N–H and O–H groups in total. The number of rotatable bonds is 5. The standard InChI is InChI=1S/C20H23N5O2/c1-15-4-3-5-16(10-15)12-24-9-8-23(13-20(24)26)19-11-17(14-27-2)22-18-6-7-21-25(18)19/h3-7,10-11H,8-9,12-14H2,1-2H3. The highest BCUT2D eigenvalue weighted by Gasteiger charge is 2.26. The average Bonchev–Trinajstić information content (AvgIpc) is 3.12. The van der Waals surface area contributed by atoms with Crippen LogP contribution in [0, 0.1) is 6.92 Å². The molecule has 3 aromatic rings. The van der Waals surface area contributed by atoms with Crippen LogP contribution in [0.1, 0.15) is 16.8 Å². The first-order valence-electron chi connectivity index (χ1n) is 9.05. The van der Waals surface area contributed by atoms with Gasteiger partial charge in [-0.05, 0) is 12.5 Å². The van der Waals surface area contributed by atoms with E-state index in [1.165, 1.54) is 5.56 Å². The molecule has 1 fully saturated rings. The minimum Gasteiger partial charge on any atom is -0.378 e. The molecule has 0 unspecified atom stereocenters. The fraction of sp³-hybridized carbons (Fsp3) is 0.350. The molecule has 1 aliphatic rings. The van der Waals surface area contributed by atoms with E-state index in [2.05, 4.69) is 40.1 Å². The summed E-state index contributed by atoms with van der Waals surface area (Å²) in [5, 5.41) is 4.36. The van der Waals surface area contributed by atoms with Gasteiger partial charge in [0.2, 0.25) is 5.91 Å². The Morgan fingerprint density at radius 1 is 1.19 bits per heavy atom. The Kier molecular flexibility index (Phi) is 4.77. The van der Waals surface area contributed by atoms with Crippen LogP contribution in [0.2, 0.25) is 0 Å². The molecule has 1 saturated heterocycles. The minimum atomic E-state index is 0.119. The monoisotopic (exact) mass is 365 g/mol. The number of hydrogen-bond acceptors (Lipinski definition) is 5. The molecule has 0 atom stereocenters. The predicted molar refractivity (Wildman–Crippen MR) is 103 cm³/mol. The number of nitrogens with zero attached hydrogens (tertiary/aromatic N) is 5. The maximum absolute atomic E-state index is 12.8. The number of hydrogen-bond donors (Lipinski definition) is 0. The summed E-state index contributed by atoms with van der Waals surface area (Å²) in [4.78, 5) is 21.3. The van der Waals surface area contributed by atoms with Crippen molar-refractivity contribution in [3.63, 3.8) is 0 Å². The van der Waals surface area contributed by atoms with Crippen molar-refractivity contribution in [3.05, 3.63) is 59.4 Å². The Hall–Kier alpha value is -2.93. The number of carbonyl (C=O) groups is 1. The quantitative estimate of drug-likeness (QED) is 0.692. The molecule has 7 heteroatoms. The van der Waals surface area contributed by atoms with E-state index >= 15 is 0 Å². The van der Waals surface area contributed by atoms with E-state index in [4.69, 9.17) is 4.74 Å². The molecule has 0 saturated carbocycles. The van der Waals surface area contributed by atoms with Crippen LogP contribution in [0.25, 0.3) is 5.65 Å². The fourth-order valence-electron chi connectivity index (χ4n) is 3.50. The van der Waals surface area contributed by atoms with Gasteiger partial charge in [0.15, 0.2) is 5.65 Å². The Morgan fingerprint density at radius 3 is 2.85 bits per heavy atom. The SMILES string of the molecule is COCc1cc(N2CCN(Cc3cccc(C)c3)C(=O)C2)n2nccc2n1. The molecule has 7 nitrogen and oxygen atoms in total. The van der Waals surface area contributed by atoms with Crippen LogP contribution in [-0.4, -0.2) is 52.1 Å². The molecule has 1 aromatic carbocycles. The van der Waals surface area contributed by atoms with E-state index in [1.807, 2.05) is 23.1 Å². The maximum Gasteiger partial charge on any atom is 0.242 e. The van der Waals surface area contributed by atoms with Gasteiger partial charge in [0, 0.05) is 38.9 Å². The highest BCUT2D eigenvalue weighted by molar-refractivity contribution is 5.82. The lowest BCUT2D eigenvalue weighted by Gasteiger charge is -2.35. The average molecular weight is 365 g/mol. The van der Waals surface area contributed by atoms with Crippen LogP contribution >= 0.6 is 0 Å². The zero-order valence-corrected chi connectivity index (χ0v) is 15.6. The van der Waals surface area contributed by atoms with Crippen molar-refractivity contribution in [2.75, 3.05) is 31.6 Å². The number of benzene rings is 1. The Labute approximate surface area is 158 Å². The number of amides is 1. The molecular formula is C20H23N5O2. The third-order valence-corrected chi connectivity index (χ3v) is 4.78. The van der Waals surface area contributed by atoms with Gasteiger partial charge >= 0.3 is 0 Å². The van der Waals surface area contributed by atoms with Gasteiger partial charge in [-0.25, -0.2) is 4.98 Å². The molecular weight excluding hydrogens is 342 g/mol. The molecule has 27 heavy (non-hydrogen) atoms. The minimum absolute atomic E-state index is 0.119. The smallest absolute Gasteiger partial charge is 0.242 e. The number of methoxy groups -OCH3 is 1. The van der Waals surface area contributed by atoms with E-state index in [0.717, 1.165) is 29.3 Å². The Balaban J connectivity index is 1.53. The summed E-state index contributed by atoms with van der Waals surface area (Å²) in [5.74, 6) is 0.994. The Bertz CT molecular complexity index is 968. The van der Waals surface area contributed by atoms with E-state index in [-0.39, 0.29) is 5.91 Å². The van der Waals surface area contributed by atoms with Gasteiger partial charge in [0.1, 0.15) is 5.82 Å². The lowest BCUT2D eigenvalue weighted by Crippen LogP contribution is -2.50. The highest BCUT2D eigenvalue weighted by Crippen LogP contribution is 2.21. The summed E-state index contributed by atoms with van der Waals surface area (Å²) in [6.45, 7) is 4.91. The lowest BCUT2D eigenvalue weighted by atomic mass is 10.1. The van der Waals surface area contributed by atoms with Gasteiger partial charge in [-0.3, -0.25) is 4.79 Å². The fourth-order valence-corrected chi connectivity index (χ4v) is 3.50. The molecule has 0 aliphatic carbocycles. The van der Waals surface area contributed by atoms with Crippen molar-refractivity contribution in [1.29, 1.82) is 0 Å². The molecule has 1 aliphatic heterocycles. The summed E-state index contributed by atoms with van der Waals surface area (Å²) in [6, 6.07) is 12.1. The molecule has 0 bridgehead atoms. The molecule has 3 heterocycles. The lowest BCUT2D eigenvalue weighted by molar-refractivity contribution is -0.131. The van der Waals surface area contributed by atoms with Crippen molar-refractivity contribution in [1.82, 2.24) is 19.5 Å². The first kappa shape index (κ1) is 17.5. The molecule has 1 amide bonds. The second kappa shape index (κ2) is 7.36. The molecule has 2 aromatic heterocycles. The van der Waals surface area contributed by atoms with Crippen LogP contribution in [0.15, 0.2) is 42.6 Å². The molecule has 0 spiro atoms. The second-order valence-corrected chi connectivity index (χ2v) is 6.87.